The Morgan fingerprint density at radius 3 is 2.81 bits per heavy atom. The van der Waals surface area contributed by atoms with Gasteiger partial charge in [-0.15, -0.1) is 22.7 Å². The van der Waals surface area contributed by atoms with Crippen LogP contribution in [-0.2, 0) is 11.3 Å². The zero-order valence-electron chi connectivity index (χ0n) is 14.1. The number of rotatable bonds is 4. The molecule has 0 fully saturated rings. The number of aryl methyl sites for hydroxylation is 1. The van der Waals surface area contributed by atoms with E-state index >= 15 is 0 Å². The van der Waals surface area contributed by atoms with Crippen molar-refractivity contribution in [3.05, 3.63) is 61.7 Å². The van der Waals surface area contributed by atoms with Gasteiger partial charge in [0.15, 0.2) is 5.13 Å². The number of hydrogen-bond acceptors (Lipinski definition) is 6. The highest BCUT2D eigenvalue weighted by Crippen LogP contribution is 2.31. The van der Waals surface area contributed by atoms with Crippen molar-refractivity contribution >= 4 is 59.9 Å². The molecule has 0 radical (unpaired) electrons. The minimum atomic E-state index is -0.315. The summed E-state index contributed by atoms with van der Waals surface area (Å²) in [5, 5.41) is 5.62. The SMILES string of the molecule is Cc1sc(NC(=O)Cn2cnc3sccc3c2=O)nc1-c1ccc(Br)cc1. The van der Waals surface area contributed by atoms with Crippen molar-refractivity contribution in [1.82, 2.24) is 14.5 Å². The topological polar surface area (TPSA) is 76.9 Å². The van der Waals surface area contributed by atoms with Gasteiger partial charge in [0.1, 0.15) is 11.4 Å². The number of hydrogen-bond donors (Lipinski definition) is 1. The van der Waals surface area contributed by atoms with E-state index in [2.05, 4.69) is 31.2 Å². The third-order valence-corrected chi connectivity index (χ3v) is 6.16. The number of carbonyl (C=O) groups is 1. The lowest BCUT2D eigenvalue weighted by molar-refractivity contribution is -0.116. The predicted molar refractivity (Wildman–Crippen MR) is 112 cm³/mol. The van der Waals surface area contributed by atoms with Gasteiger partial charge >= 0.3 is 0 Å². The van der Waals surface area contributed by atoms with Crippen LogP contribution in [0.5, 0.6) is 0 Å². The number of aromatic nitrogens is 3. The van der Waals surface area contributed by atoms with E-state index in [0.29, 0.717) is 15.3 Å². The second-order valence-corrected chi connectivity index (χ2v) is 8.81. The normalized spacial score (nSPS) is 11.0. The Morgan fingerprint density at radius 2 is 2.04 bits per heavy atom. The quantitative estimate of drug-likeness (QED) is 0.492. The zero-order valence-corrected chi connectivity index (χ0v) is 17.3. The summed E-state index contributed by atoms with van der Waals surface area (Å²) in [7, 11) is 0. The molecule has 0 aliphatic rings. The van der Waals surface area contributed by atoms with Gasteiger partial charge in [0.2, 0.25) is 5.91 Å². The highest BCUT2D eigenvalue weighted by molar-refractivity contribution is 9.10. The first-order chi connectivity index (χ1) is 13.0. The fourth-order valence-electron chi connectivity index (χ4n) is 2.64. The molecule has 6 nitrogen and oxygen atoms in total. The van der Waals surface area contributed by atoms with E-state index in [0.717, 1.165) is 20.6 Å². The van der Waals surface area contributed by atoms with Crippen molar-refractivity contribution in [2.24, 2.45) is 0 Å². The molecule has 3 heterocycles. The van der Waals surface area contributed by atoms with Gasteiger partial charge in [-0.05, 0) is 30.5 Å². The Balaban J connectivity index is 1.52. The molecule has 0 atom stereocenters. The highest BCUT2D eigenvalue weighted by Gasteiger charge is 2.14. The number of thiophene rings is 1. The number of carbonyl (C=O) groups excluding carboxylic acids is 1. The molecule has 1 aromatic carbocycles. The highest BCUT2D eigenvalue weighted by atomic mass is 79.9. The molecular formula is C18H13BrN4O2S2. The third-order valence-electron chi connectivity index (χ3n) is 3.92. The van der Waals surface area contributed by atoms with Crippen LogP contribution in [0.2, 0.25) is 0 Å². The lowest BCUT2D eigenvalue weighted by Gasteiger charge is -2.05. The molecular weight excluding hydrogens is 448 g/mol. The summed E-state index contributed by atoms with van der Waals surface area (Å²) < 4.78 is 2.30. The lowest BCUT2D eigenvalue weighted by Crippen LogP contribution is -2.27. The van der Waals surface area contributed by atoms with Crippen molar-refractivity contribution in [2.75, 3.05) is 5.32 Å². The first-order valence-corrected chi connectivity index (χ1v) is 10.5. The number of nitrogens with one attached hydrogen (secondary N) is 1. The van der Waals surface area contributed by atoms with Gasteiger partial charge in [-0.3, -0.25) is 14.2 Å². The van der Waals surface area contributed by atoms with Gasteiger partial charge in [-0.2, -0.15) is 0 Å². The van der Waals surface area contributed by atoms with Crippen molar-refractivity contribution in [3.8, 4) is 11.3 Å². The van der Waals surface area contributed by atoms with Crippen LogP contribution in [0.15, 0.2) is 51.3 Å². The molecule has 136 valence electrons. The summed E-state index contributed by atoms with van der Waals surface area (Å²) in [5.41, 5.74) is 1.60. The predicted octanol–water partition coefficient (Wildman–Crippen LogP) is 4.29. The fourth-order valence-corrected chi connectivity index (χ4v) is 4.48. The Kier molecular flexibility index (Phi) is 4.90. The van der Waals surface area contributed by atoms with E-state index < -0.39 is 0 Å². The van der Waals surface area contributed by atoms with Crippen LogP contribution in [-0.4, -0.2) is 20.4 Å². The molecule has 1 N–H and O–H groups in total. The smallest absolute Gasteiger partial charge is 0.262 e. The van der Waals surface area contributed by atoms with E-state index in [1.807, 2.05) is 36.6 Å². The third kappa shape index (κ3) is 3.71. The number of thiazole rings is 1. The number of benzene rings is 1. The lowest BCUT2D eigenvalue weighted by atomic mass is 10.1. The number of halogens is 1. The average Bonchev–Trinajstić information content (AvgIpc) is 3.25. The number of nitrogens with zero attached hydrogens (tertiary/aromatic N) is 3. The van der Waals surface area contributed by atoms with Crippen LogP contribution in [0.3, 0.4) is 0 Å². The van der Waals surface area contributed by atoms with E-state index in [1.54, 1.807) is 6.07 Å². The van der Waals surface area contributed by atoms with Crippen molar-refractivity contribution < 1.29 is 4.79 Å². The van der Waals surface area contributed by atoms with Gasteiger partial charge in [0.05, 0.1) is 17.4 Å². The average molecular weight is 461 g/mol. The fraction of sp³-hybridized carbons (Fsp3) is 0.111. The van der Waals surface area contributed by atoms with Crippen molar-refractivity contribution in [3.63, 3.8) is 0 Å². The first kappa shape index (κ1) is 18.0. The molecule has 3 aromatic heterocycles. The number of fused-ring (bicyclic) bond motifs is 1. The van der Waals surface area contributed by atoms with Crippen LogP contribution < -0.4 is 10.9 Å². The van der Waals surface area contributed by atoms with Crippen LogP contribution in [0.4, 0.5) is 5.13 Å². The Morgan fingerprint density at radius 1 is 1.26 bits per heavy atom. The number of anilines is 1. The molecule has 0 saturated carbocycles. The standard InChI is InChI=1S/C18H13BrN4O2S2/c1-10-15(11-2-4-12(19)5-3-11)22-18(27-10)21-14(24)8-23-9-20-16-13(17(23)25)6-7-26-16/h2-7,9H,8H2,1H3,(H,21,22,24). The van der Waals surface area contributed by atoms with Gasteiger partial charge < -0.3 is 5.32 Å². The van der Waals surface area contributed by atoms with E-state index in [1.165, 1.54) is 33.6 Å². The van der Waals surface area contributed by atoms with E-state index in [4.69, 9.17) is 0 Å². The number of amides is 1. The molecule has 0 aliphatic heterocycles. The summed E-state index contributed by atoms with van der Waals surface area (Å²) in [5.74, 6) is -0.315. The maximum absolute atomic E-state index is 12.4. The Labute approximate surface area is 170 Å². The molecule has 0 aliphatic carbocycles. The largest absolute Gasteiger partial charge is 0.300 e. The molecule has 0 bridgehead atoms. The molecule has 27 heavy (non-hydrogen) atoms. The molecule has 0 unspecified atom stereocenters. The Bertz CT molecular complexity index is 1190. The van der Waals surface area contributed by atoms with Gasteiger partial charge in [-0.25, -0.2) is 9.97 Å². The zero-order chi connectivity index (χ0) is 19.0. The Hall–Kier alpha value is -2.36. The second-order valence-electron chi connectivity index (χ2n) is 5.80. The van der Waals surface area contributed by atoms with Gasteiger partial charge in [0.25, 0.3) is 5.56 Å². The second kappa shape index (κ2) is 7.34. The summed E-state index contributed by atoms with van der Waals surface area (Å²) in [6.45, 7) is 1.85. The molecule has 0 spiro atoms. The minimum Gasteiger partial charge on any atom is -0.300 e. The first-order valence-electron chi connectivity index (χ1n) is 7.97. The molecule has 9 heteroatoms. The van der Waals surface area contributed by atoms with Gasteiger partial charge in [-0.1, -0.05) is 28.1 Å². The van der Waals surface area contributed by atoms with Crippen molar-refractivity contribution in [2.45, 2.75) is 13.5 Å². The maximum Gasteiger partial charge on any atom is 0.262 e. The van der Waals surface area contributed by atoms with Gasteiger partial charge in [0, 0.05) is 14.9 Å². The summed E-state index contributed by atoms with van der Waals surface area (Å²) >= 11 is 6.22. The monoisotopic (exact) mass is 460 g/mol. The molecule has 0 saturated heterocycles. The molecule has 4 aromatic rings. The summed E-state index contributed by atoms with van der Waals surface area (Å²) in [6.07, 6.45) is 1.40. The maximum atomic E-state index is 12.4. The molecule has 4 rings (SSSR count). The minimum absolute atomic E-state index is 0.107. The van der Waals surface area contributed by atoms with Crippen LogP contribution in [0, 0.1) is 6.92 Å². The van der Waals surface area contributed by atoms with E-state index in [9.17, 15) is 9.59 Å². The summed E-state index contributed by atoms with van der Waals surface area (Å²) in [4.78, 5) is 35.2. The van der Waals surface area contributed by atoms with E-state index in [-0.39, 0.29) is 18.0 Å². The summed E-state index contributed by atoms with van der Waals surface area (Å²) in [6, 6.07) is 9.56. The molecule has 1 amide bonds. The van der Waals surface area contributed by atoms with Crippen LogP contribution in [0.1, 0.15) is 4.88 Å². The van der Waals surface area contributed by atoms with Crippen LogP contribution in [0.25, 0.3) is 21.5 Å². The van der Waals surface area contributed by atoms with Crippen molar-refractivity contribution in [1.29, 1.82) is 0 Å². The van der Waals surface area contributed by atoms with Crippen LogP contribution >= 0.6 is 38.6 Å².